The summed E-state index contributed by atoms with van der Waals surface area (Å²) < 4.78 is 0. The molecule has 0 aliphatic rings. The van der Waals surface area contributed by atoms with E-state index < -0.39 is 0 Å². The molecule has 0 unspecified atom stereocenters. The Hall–Kier alpha value is -0.980. The van der Waals surface area contributed by atoms with E-state index in [2.05, 4.69) is 44.9 Å². The maximum absolute atomic E-state index is 3.96. The molecular weight excluding hydrogens is 158 g/mol. The van der Waals surface area contributed by atoms with Gasteiger partial charge in [-0.15, -0.1) is 0 Å². The molecule has 0 rings (SSSR count). The summed E-state index contributed by atoms with van der Waals surface area (Å²) >= 11 is 0. The predicted octanol–water partition coefficient (Wildman–Crippen LogP) is 3.36. The van der Waals surface area contributed by atoms with Crippen LogP contribution in [0.15, 0.2) is 36.6 Å². The van der Waals surface area contributed by atoms with E-state index >= 15 is 0 Å². The lowest BCUT2D eigenvalue weighted by atomic mass is 10.2. The molecule has 74 valence electrons. The van der Waals surface area contributed by atoms with Crippen molar-refractivity contribution >= 4 is 0 Å². The molecule has 0 bridgehead atoms. The van der Waals surface area contributed by atoms with E-state index in [0.717, 1.165) is 25.2 Å². The maximum atomic E-state index is 3.96. The van der Waals surface area contributed by atoms with Crippen molar-refractivity contribution < 1.29 is 0 Å². The van der Waals surface area contributed by atoms with Crippen LogP contribution >= 0.6 is 0 Å². The van der Waals surface area contributed by atoms with Crippen LogP contribution in [0.4, 0.5) is 0 Å². The average molecular weight is 179 g/mol. The van der Waals surface area contributed by atoms with Gasteiger partial charge >= 0.3 is 0 Å². The van der Waals surface area contributed by atoms with Gasteiger partial charge in [-0.1, -0.05) is 31.7 Å². The second-order valence-corrected chi connectivity index (χ2v) is 3.25. The molecule has 0 aromatic rings. The van der Waals surface area contributed by atoms with Gasteiger partial charge in [0.05, 0.1) is 0 Å². The van der Waals surface area contributed by atoms with Crippen molar-refractivity contribution in [2.45, 2.75) is 27.2 Å². The highest BCUT2D eigenvalue weighted by Crippen LogP contribution is 2.07. The number of hydrogen-bond acceptors (Lipinski definition) is 1. The molecule has 0 N–H and O–H groups in total. The van der Waals surface area contributed by atoms with Crippen molar-refractivity contribution in [3.8, 4) is 0 Å². The smallest absolute Gasteiger partial charge is 0.0385 e. The third kappa shape index (κ3) is 4.56. The summed E-state index contributed by atoms with van der Waals surface area (Å²) in [7, 11) is 0. The minimum Gasteiger partial charge on any atom is -0.368 e. The standard InChI is InChI=1S/C12H21N/c1-6-9-13(12(5)8-3)10-11(4)7-2/h7-8H,3,5-6,9-10H2,1-2,4H3/b11-7+. The largest absolute Gasteiger partial charge is 0.368 e. The number of allylic oxidation sites excluding steroid dienone is 2. The van der Waals surface area contributed by atoms with Crippen LogP contribution in [0.5, 0.6) is 0 Å². The Morgan fingerprint density at radius 2 is 2.08 bits per heavy atom. The van der Waals surface area contributed by atoms with Gasteiger partial charge in [0.2, 0.25) is 0 Å². The van der Waals surface area contributed by atoms with Crippen LogP contribution in [0, 0.1) is 0 Å². The van der Waals surface area contributed by atoms with Crippen LogP contribution in [0.2, 0.25) is 0 Å². The molecule has 0 amide bonds. The molecular formula is C12H21N. The van der Waals surface area contributed by atoms with E-state index in [9.17, 15) is 0 Å². The Balaban J connectivity index is 4.25. The molecule has 0 aromatic heterocycles. The summed E-state index contributed by atoms with van der Waals surface area (Å²) in [6.45, 7) is 16.1. The number of rotatable bonds is 6. The van der Waals surface area contributed by atoms with Gasteiger partial charge in [-0.25, -0.2) is 0 Å². The molecule has 0 aliphatic carbocycles. The van der Waals surface area contributed by atoms with Gasteiger partial charge in [-0.2, -0.15) is 0 Å². The van der Waals surface area contributed by atoms with Gasteiger partial charge in [-0.05, 0) is 26.3 Å². The van der Waals surface area contributed by atoms with Crippen LogP contribution in [0.1, 0.15) is 27.2 Å². The highest BCUT2D eigenvalue weighted by molar-refractivity contribution is 5.13. The molecule has 1 heteroatoms. The van der Waals surface area contributed by atoms with Gasteiger partial charge in [0.1, 0.15) is 0 Å². The summed E-state index contributed by atoms with van der Waals surface area (Å²) in [6, 6.07) is 0. The van der Waals surface area contributed by atoms with Crippen LogP contribution in [0.3, 0.4) is 0 Å². The van der Waals surface area contributed by atoms with Crippen LogP contribution in [-0.4, -0.2) is 18.0 Å². The van der Waals surface area contributed by atoms with E-state index in [0.29, 0.717) is 0 Å². The second kappa shape index (κ2) is 6.53. The molecule has 0 aliphatic heterocycles. The first kappa shape index (κ1) is 12.0. The SMILES string of the molecule is C=CC(=C)N(CCC)C/C(C)=C/C. The molecule has 0 atom stereocenters. The second-order valence-electron chi connectivity index (χ2n) is 3.25. The quantitative estimate of drug-likeness (QED) is 0.446. The Bertz CT molecular complexity index is 201. The van der Waals surface area contributed by atoms with Crippen molar-refractivity contribution in [3.63, 3.8) is 0 Å². The maximum Gasteiger partial charge on any atom is 0.0385 e. The fourth-order valence-electron chi connectivity index (χ4n) is 1.12. The summed E-state index contributed by atoms with van der Waals surface area (Å²) in [6.07, 6.45) is 5.10. The van der Waals surface area contributed by atoms with Gasteiger partial charge in [-0.3, -0.25) is 0 Å². The monoisotopic (exact) mass is 179 g/mol. The average Bonchev–Trinajstić information content (AvgIpc) is 2.15. The van der Waals surface area contributed by atoms with Gasteiger partial charge < -0.3 is 4.90 Å². The fraction of sp³-hybridized carbons (Fsp3) is 0.500. The number of hydrogen-bond donors (Lipinski definition) is 0. The van der Waals surface area contributed by atoms with E-state index in [1.165, 1.54) is 5.57 Å². The first-order valence-corrected chi connectivity index (χ1v) is 4.83. The lowest BCUT2D eigenvalue weighted by Crippen LogP contribution is -2.24. The zero-order valence-corrected chi connectivity index (χ0v) is 9.14. The summed E-state index contributed by atoms with van der Waals surface area (Å²) in [5.41, 5.74) is 2.39. The lowest BCUT2D eigenvalue weighted by molar-refractivity contribution is 0.384. The lowest BCUT2D eigenvalue weighted by Gasteiger charge is -2.24. The fourth-order valence-corrected chi connectivity index (χ4v) is 1.12. The van der Waals surface area contributed by atoms with Crippen molar-refractivity contribution in [2.75, 3.05) is 13.1 Å². The molecule has 13 heavy (non-hydrogen) atoms. The normalized spacial score (nSPS) is 11.2. The van der Waals surface area contributed by atoms with Gasteiger partial charge in [0.25, 0.3) is 0 Å². The Labute approximate surface area is 82.4 Å². The summed E-state index contributed by atoms with van der Waals surface area (Å²) in [4.78, 5) is 2.25. The third-order valence-electron chi connectivity index (χ3n) is 2.07. The van der Waals surface area contributed by atoms with E-state index in [1.807, 2.05) is 6.08 Å². The topological polar surface area (TPSA) is 3.24 Å². The molecule has 0 saturated carbocycles. The minimum absolute atomic E-state index is 0.967. The highest BCUT2D eigenvalue weighted by Gasteiger charge is 2.03. The van der Waals surface area contributed by atoms with Crippen molar-refractivity contribution in [3.05, 3.63) is 36.6 Å². The summed E-state index contributed by atoms with van der Waals surface area (Å²) in [5, 5.41) is 0. The Kier molecular flexibility index (Phi) is 6.03. The first-order valence-electron chi connectivity index (χ1n) is 4.83. The minimum atomic E-state index is 0.967. The first-order chi connectivity index (χ1) is 6.15. The van der Waals surface area contributed by atoms with Crippen LogP contribution in [0.25, 0.3) is 0 Å². The number of nitrogens with zero attached hydrogens (tertiary/aromatic N) is 1. The van der Waals surface area contributed by atoms with E-state index in [-0.39, 0.29) is 0 Å². The van der Waals surface area contributed by atoms with Gasteiger partial charge in [0, 0.05) is 18.8 Å². The van der Waals surface area contributed by atoms with Crippen LogP contribution < -0.4 is 0 Å². The third-order valence-corrected chi connectivity index (χ3v) is 2.07. The van der Waals surface area contributed by atoms with E-state index in [4.69, 9.17) is 0 Å². The molecule has 0 saturated heterocycles. The molecule has 0 spiro atoms. The van der Waals surface area contributed by atoms with Gasteiger partial charge in [0.15, 0.2) is 0 Å². The molecule has 1 nitrogen and oxygen atoms in total. The Morgan fingerprint density at radius 3 is 2.46 bits per heavy atom. The van der Waals surface area contributed by atoms with Crippen molar-refractivity contribution in [2.24, 2.45) is 0 Å². The molecule has 0 heterocycles. The molecule has 0 aromatic carbocycles. The zero-order chi connectivity index (χ0) is 10.3. The highest BCUT2D eigenvalue weighted by atomic mass is 15.1. The van der Waals surface area contributed by atoms with Crippen LogP contribution in [-0.2, 0) is 0 Å². The zero-order valence-electron chi connectivity index (χ0n) is 9.14. The summed E-state index contributed by atoms with van der Waals surface area (Å²) in [5.74, 6) is 0. The van der Waals surface area contributed by atoms with E-state index in [1.54, 1.807) is 0 Å². The van der Waals surface area contributed by atoms with Crippen molar-refractivity contribution in [1.29, 1.82) is 0 Å². The molecule has 0 radical (unpaired) electrons. The molecule has 0 fully saturated rings. The predicted molar refractivity (Wildman–Crippen MR) is 60.6 cm³/mol. The Morgan fingerprint density at radius 1 is 1.46 bits per heavy atom. The van der Waals surface area contributed by atoms with Crippen molar-refractivity contribution in [1.82, 2.24) is 4.90 Å².